The fraction of sp³-hybridized carbons (Fsp3) is 0.444. The van der Waals surface area contributed by atoms with E-state index in [2.05, 4.69) is 45.2 Å². The number of nitrogens with one attached hydrogen (secondary N) is 1. The van der Waals surface area contributed by atoms with Crippen molar-refractivity contribution >= 4 is 17.4 Å². The number of rotatable bonds is 3. The van der Waals surface area contributed by atoms with Crippen LogP contribution >= 0.6 is 11.3 Å². The molecule has 3 aromatic rings. The summed E-state index contributed by atoms with van der Waals surface area (Å²) in [6, 6.07) is 12.7. The average Bonchev–Trinajstić information content (AvgIpc) is 3.58. The number of amides is 2. The minimum atomic E-state index is -0.147. The molecule has 1 saturated carbocycles. The maximum atomic E-state index is 13.8. The summed E-state index contributed by atoms with van der Waals surface area (Å²) in [5.74, 6) is 0.831. The summed E-state index contributed by atoms with van der Waals surface area (Å²) < 4.78 is 7.75. The summed E-state index contributed by atoms with van der Waals surface area (Å²) in [5, 5.41) is 4.68. The van der Waals surface area contributed by atoms with Gasteiger partial charge in [-0.25, -0.2) is 4.79 Å². The van der Waals surface area contributed by atoms with Gasteiger partial charge in [0.2, 0.25) is 0 Å². The molecule has 6 rings (SSSR count). The molecule has 0 bridgehead atoms. The molecule has 2 aromatic heterocycles. The standard InChI is InChI=1S/C27H31N3O2S/c1-32-20-14-12-18(13-15-20)25-23-10-6-16-29(23)26-22(21-9-4-5-11-24(21)33-26)17-30(25)27(31)28-19-7-2-3-8-19/h6,10,12-16,19,25H,2-5,7-9,11,17H2,1H3,(H,28,31)/t25-/m0/s1. The first kappa shape index (κ1) is 20.8. The molecule has 0 saturated heterocycles. The first-order valence-corrected chi connectivity index (χ1v) is 13.1. The zero-order valence-corrected chi connectivity index (χ0v) is 20.0. The number of methoxy groups -OCH3 is 1. The second-order valence-electron chi connectivity index (χ2n) is 9.53. The van der Waals surface area contributed by atoms with Gasteiger partial charge in [0.25, 0.3) is 0 Å². The number of thiophene rings is 1. The number of hydrogen-bond donors (Lipinski definition) is 1. The first-order valence-electron chi connectivity index (χ1n) is 12.2. The smallest absolute Gasteiger partial charge is 0.318 e. The molecule has 0 radical (unpaired) electrons. The molecular formula is C27H31N3O2S. The molecule has 3 aliphatic rings. The summed E-state index contributed by atoms with van der Waals surface area (Å²) in [6.07, 6.45) is 11.6. The molecule has 1 N–H and O–H groups in total. The van der Waals surface area contributed by atoms with Gasteiger partial charge in [0.1, 0.15) is 10.8 Å². The first-order chi connectivity index (χ1) is 16.2. The fourth-order valence-corrected chi connectivity index (χ4v) is 7.26. The molecule has 3 heterocycles. The van der Waals surface area contributed by atoms with Gasteiger partial charge in [-0.05, 0) is 73.9 Å². The number of carbonyl (C=O) groups excluding carboxylic acids is 1. The third kappa shape index (κ3) is 3.65. The minimum Gasteiger partial charge on any atom is -0.497 e. The number of urea groups is 1. The lowest BCUT2D eigenvalue weighted by Crippen LogP contribution is -2.45. The van der Waals surface area contributed by atoms with Gasteiger partial charge in [0.05, 0.1) is 25.4 Å². The van der Waals surface area contributed by atoms with Crippen molar-refractivity contribution in [3.05, 3.63) is 69.9 Å². The number of fused-ring (bicyclic) bond motifs is 5. The Morgan fingerprint density at radius 3 is 2.61 bits per heavy atom. The van der Waals surface area contributed by atoms with Crippen molar-refractivity contribution in [2.24, 2.45) is 0 Å². The summed E-state index contributed by atoms with van der Waals surface area (Å²) >= 11 is 1.93. The summed E-state index contributed by atoms with van der Waals surface area (Å²) in [7, 11) is 1.69. The van der Waals surface area contributed by atoms with E-state index in [0.29, 0.717) is 12.6 Å². The van der Waals surface area contributed by atoms with E-state index in [9.17, 15) is 4.79 Å². The van der Waals surface area contributed by atoms with Crippen LogP contribution in [0.2, 0.25) is 0 Å². The molecule has 1 fully saturated rings. The van der Waals surface area contributed by atoms with E-state index in [0.717, 1.165) is 36.3 Å². The maximum absolute atomic E-state index is 13.8. The summed E-state index contributed by atoms with van der Waals surface area (Å²) in [5.41, 5.74) is 5.11. The third-order valence-corrected chi connectivity index (χ3v) is 8.89. The lowest BCUT2D eigenvalue weighted by molar-refractivity contribution is 0.176. The maximum Gasteiger partial charge on any atom is 0.318 e. The van der Waals surface area contributed by atoms with Gasteiger partial charge >= 0.3 is 6.03 Å². The van der Waals surface area contributed by atoms with Crippen LogP contribution in [-0.4, -0.2) is 28.6 Å². The van der Waals surface area contributed by atoms with Crippen LogP contribution < -0.4 is 10.1 Å². The Kier molecular flexibility index (Phi) is 5.41. The topological polar surface area (TPSA) is 46.5 Å². The van der Waals surface area contributed by atoms with Crippen LogP contribution in [0.1, 0.15) is 71.8 Å². The number of aryl methyl sites for hydroxylation is 1. The van der Waals surface area contributed by atoms with Crippen LogP contribution in [0.3, 0.4) is 0 Å². The van der Waals surface area contributed by atoms with Gasteiger partial charge in [-0.1, -0.05) is 25.0 Å². The van der Waals surface area contributed by atoms with Crippen LogP contribution in [0, 0.1) is 0 Å². The van der Waals surface area contributed by atoms with Crippen LogP contribution in [0.25, 0.3) is 5.00 Å². The SMILES string of the molecule is COc1ccc([C@H]2c3cccn3-c3sc4c(c3CN2C(=O)NC2CCCC2)CCCC4)cc1. The van der Waals surface area contributed by atoms with E-state index in [1.807, 2.05) is 23.5 Å². The molecule has 2 amide bonds. The van der Waals surface area contributed by atoms with Gasteiger partial charge in [-0.15, -0.1) is 11.3 Å². The molecule has 2 aliphatic carbocycles. The fourth-order valence-electron chi connectivity index (χ4n) is 5.85. The minimum absolute atomic E-state index is 0.0547. The Morgan fingerprint density at radius 1 is 1.03 bits per heavy atom. The normalized spacial score (nSPS) is 20.0. The molecule has 1 aliphatic heterocycles. The molecule has 1 atom stereocenters. The molecule has 1 aromatic carbocycles. The lowest BCUT2D eigenvalue weighted by atomic mass is 9.95. The van der Waals surface area contributed by atoms with E-state index in [1.54, 1.807) is 7.11 Å². The predicted octanol–water partition coefficient (Wildman–Crippen LogP) is 5.98. The molecule has 5 nitrogen and oxygen atoms in total. The summed E-state index contributed by atoms with van der Waals surface area (Å²) in [4.78, 5) is 17.4. The molecular weight excluding hydrogens is 430 g/mol. The van der Waals surface area contributed by atoms with Gasteiger partial charge in [-0.3, -0.25) is 0 Å². The zero-order valence-electron chi connectivity index (χ0n) is 19.2. The van der Waals surface area contributed by atoms with Crippen LogP contribution in [-0.2, 0) is 19.4 Å². The van der Waals surface area contributed by atoms with E-state index in [1.165, 1.54) is 53.1 Å². The Bertz CT molecular complexity index is 1160. The molecule has 0 unspecified atom stereocenters. The Labute approximate surface area is 199 Å². The quantitative estimate of drug-likeness (QED) is 0.521. The highest BCUT2D eigenvalue weighted by atomic mass is 32.1. The third-order valence-electron chi connectivity index (χ3n) is 7.55. The number of ether oxygens (including phenoxy) is 1. The van der Waals surface area contributed by atoms with Crippen molar-refractivity contribution in [3.63, 3.8) is 0 Å². The molecule has 172 valence electrons. The number of aromatic nitrogens is 1. The van der Waals surface area contributed by atoms with Crippen LogP contribution in [0.15, 0.2) is 42.6 Å². The van der Waals surface area contributed by atoms with Gasteiger partial charge in [-0.2, -0.15) is 0 Å². The average molecular weight is 462 g/mol. The van der Waals surface area contributed by atoms with Crippen molar-refractivity contribution in [3.8, 4) is 10.8 Å². The van der Waals surface area contributed by atoms with Crippen molar-refractivity contribution in [2.75, 3.05) is 7.11 Å². The number of hydrogen-bond acceptors (Lipinski definition) is 3. The van der Waals surface area contributed by atoms with Gasteiger partial charge in [0.15, 0.2) is 0 Å². The van der Waals surface area contributed by atoms with E-state index >= 15 is 0 Å². The van der Waals surface area contributed by atoms with E-state index in [-0.39, 0.29) is 12.1 Å². The number of nitrogens with zero attached hydrogens (tertiary/aromatic N) is 2. The van der Waals surface area contributed by atoms with Crippen molar-refractivity contribution in [1.29, 1.82) is 0 Å². The van der Waals surface area contributed by atoms with Gasteiger partial charge in [0, 0.05) is 22.7 Å². The van der Waals surface area contributed by atoms with E-state index in [4.69, 9.17) is 4.74 Å². The number of benzene rings is 1. The Balaban J connectivity index is 1.47. The molecule has 33 heavy (non-hydrogen) atoms. The Morgan fingerprint density at radius 2 is 1.82 bits per heavy atom. The highest BCUT2D eigenvalue weighted by Crippen LogP contribution is 2.44. The largest absolute Gasteiger partial charge is 0.497 e. The molecule has 0 spiro atoms. The van der Waals surface area contributed by atoms with Crippen LogP contribution in [0.5, 0.6) is 5.75 Å². The number of carbonyl (C=O) groups is 1. The van der Waals surface area contributed by atoms with Crippen molar-refractivity contribution in [1.82, 2.24) is 14.8 Å². The highest BCUT2D eigenvalue weighted by Gasteiger charge is 2.36. The predicted molar refractivity (Wildman–Crippen MR) is 131 cm³/mol. The monoisotopic (exact) mass is 461 g/mol. The molecule has 6 heteroatoms. The zero-order chi connectivity index (χ0) is 22.4. The van der Waals surface area contributed by atoms with Crippen molar-refractivity contribution in [2.45, 2.75) is 70.0 Å². The van der Waals surface area contributed by atoms with Crippen molar-refractivity contribution < 1.29 is 9.53 Å². The lowest BCUT2D eigenvalue weighted by Gasteiger charge is -2.32. The van der Waals surface area contributed by atoms with Gasteiger partial charge < -0.3 is 19.5 Å². The second kappa shape index (κ2) is 8.56. The highest BCUT2D eigenvalue weighted by molar-refractivity contribution is 7.15. The summed E-state index contributed by atoms with van der Waals surface area (Å²) in [6.45, 7) is 0.651. The Hall–Kier alpha value is -2.73. The van der Waals surface area contributed by atoms with Crippen LogP contribution in [0.4, 0.5) is 4.79 Å². The van der Waals surface area contributed by atoms with E-state index < -0.39 is 0 Å². The second-order valence-corrected chi connectivity index (χ2v) is 10.6.